The van der Waals surface area contributed by atoms with E-state index in [-0.39, 0.29) is 36.4 Å². The summed E-state index contributed by atoms with van der Waals surface area (Å²) in [6.45, 7) is 7.57. The monoisotopic (exact) mass is 857 g/mol. The number of hydrogen-bond acceptors (Lipinski definition) is 13. The number of fused-ring (bicyclic) bond motifs is 8. The number of halogens is 1. The number of amidine groups is 2. The van der Waals surface area contributed by atoms with Crippen LogP contribution in [-0.4, -0.2) is 65.9 Å². The van der Waals surface area contributed by atoms with Crippen LogP contribution in [0.15, 0.2) is 106 Å². The van der Waals surface area contributed by atoms with Crippen LogP contribution in [0.4, 0.5) is 0 Å². The maximum atomic E-state index is 10.5. The molecule has 0 unspecified atom stereocenters. The van der Waals surface area contributed by atoms with Gasteiger partial charge in [-0.25, -0.2) is 9.98 Å². The molecule has 1 fully saturated rings. The maximum absolute atomic E-state index is 10.5. The van der Waals surface area contributed by atoms with E-state index in [1.807, 2.05) is 66.9 Å². The first kappa shape index (κ1) is 38.3. The Kier molecular flexibility index (Phi) is 9.23. The van der Waals surface area contributed by atoms with Crippen LogP contribution >= 0.6 is 15.9 Å². The van der Waals surface area contributed by atoms with Gasteiger partial charge in [-0.2, -0.15) is 0 Å². The molecule has 6 N–H and O–H groups in total. The van der Waals surface area contributed by atoms with Crippen molar-refractivity contribution in [3.05, 3.63) is 124 Å². The van der Waals surface area contributed by atoms with E-state index in [1.54, 1.807) is 38.2 Å². The fourth-order valence-corrected chi connectivity index (χ4v) is 8.09. The Morgan fingerprint density at radius 3 is 2.08 bits per heavy atom. The van der Waals surface area contributed by atoms with Crippen molar-refractivity contribution in [2.75, 3.05) is 33.0 Å². The molecule has 4 aromatic carbocycles. The first-order valence-electron chi connectivity index (χ1n) is 18.9. The fraction of sp³-hybridized carbons (Fsp3) is 0.267. The summed E-state index contributed by atoms with van der Waals surface area (Å²) < 4.78 is 36.2. The predicted molar refractivity (Wildman–Crippen MR) is 223 cm³/mol. The van der Waals surface area contributed by atoms with Crippen LogP contribution in [0.1, 0.15) is 48.6 Å². The third kappa shape index (κ3) is 6.94. The summed E-state index contributed by atoms with van der Waals surface area (Å²) in [4.78, 5) is 13.6. The largest absolute Gasteiger partial charge is 0.508 e. The van der Waals surface area contributed by atoms with Gasteiger partial charge in [0.05, 0.1) is 25.4 Å². The van der Waals surface area contributed by atoms with Crippen LogP contribution in [0.3, 0.4) is 0 Å². The van der Waals surface area contributed by atoms with Crippen molar-refractivity contribution in [1.29, 1.82) is 0 Å². The van der Waals surface area contributed by atoms with E-state index >= 15 is 0 Å². The normalized spacial score (nSPS) is 21.1. The van der Waals surface area contributed by atoms with Crippen molar-refractivity contribution in [2.24, 2.45) is 26.9 Å². The average molecular weight is 859 g/mol. The van der Waals surface area contributed by atoms with Crippen LogP contribution in [0.2, 0.25) is 0 Å². The molecule has 10 rings (SSSR count). The predicted octanol–water partition coefficient (Wildman–Crippen LogP) is 6.83. The van der Waals surface area contributed by atoms with Gasteiger partial charge in [0, 0.05) is 50.1 Å². The molecule has 1 saturated heterocycles. The number of hydrogen-bond donors (Lipinski definition) is 4. The number of ether oxygens (including phenoxy) is 6. The summed E-state index contributed by atoms with van der Waals surface area (Å²) in [6.07, 6.45) is 3.55. The van der Waals surface area contributed by atoms with E-state index in [2.05, 4.69) is 44.7 Å². The third-order valence-corrected chi connectivity index (χ3v) is 11.1. The molecule has 0 amide bonds. The first-order valence-corrected chi connectivity index (χ1v) is 19.7. The molecule has 2 spiro atoms. The highest BCUT2D eigenvalue weighted by Crippen LogP contribution is 2.55. The minimum atomic E-state index is -1.23. The van der Waals surface area contributed by atoms with E-state index in [1.165, 1.54) is 0 Å². The third-order valence-electron chi connectivity index (χ3n) is 10.6. The van der Waals surface area contributed by atoms with Gasteiger partial charge in [0.2, 0.25) is 0 Å². The van der Waals surface area contributed by atoms with Crippen molar-refractivity contribution >= 4 is 28.0 Å². The number of nitrogens with zero attached hydrogens (tertiary/aromatic N) is 3. The highest BCUT2D eigenvalue weighted by Gasteiger charge is 2.50. The zero-order valence-corrected chi connectivity index (χ0v) is 34.0. The van der Waals surface area contributed by atoms with Gasteiger partial charge in [0.15, 0.2) is 11.1 Å². The molecule has 0 aliphatic carbocycles. The van der Waals surface area contributed by atoms with Gasteiger partial charge in [-0.1, -0.05) is 46.8 Å². The molecule has 0 saturated carbocycles. The van der Waals surface area contributed by atoms with Crippen LogP contribution in [-0.2, 0) is 25.3 Å². The number of rotatable bonds is 4. The number of aliphatic imine (C=N–C) groups is 2. The Hall–Kier alpha value is -6.27. The first-order chi connectivity index (χ1) is 28.2. The summed E-state index contributed by atoms with van der Waals surface area (Å²) in [7, 11) is 0. The van der Waals surface area contributed by atoms with Gasteiger partial charge in [-0.15, -0.1) is 0 Å². The van der Waals surface area contributed by atoms with Gasteiger partial charge >= 0.3 is 0 Å². The second kappa shape index (κ2) is 14.2. The molecule has 0 bridgehead atoms. The lowest BCUT2D eigenvalue weighted by Gasteiger charge is -2.38. The number of pyridine rings is 1. The Labute approximate surface area is 348 Å². The second-order valence-electron chi connectivity index (χ2n) is 15.9. The van der Waals surface area contributed by atoms with E-state index in [9.17, 15) is 10.2 Å². The topological polar surface area (TPSA) is 185 Å². The minimum absolute atomic E-state index is 0.0741. The molecule has 5 aliphatic heterocycles. The Balaban J connectivity index is 0.000000180. The van der Waals surface area contributed by atoms with Crippen molar-refractivity contribution in [3.8, 4) is 57.5 Å². The molecule has 300 valence electrons. The Bertz CT molecular complexity index is 2580. The second-order valence-corrected chi connectivity index (χ2v) is 16.8. The minimum Gasteiger partial charge on any atom is -0.508 e. The fourth-order valence-electron chi connectivity index (χ4n) is 7.73. The lowest BCUT2D eigenvalue weighted by Crippen LogP contribution is -2.44. The van der Waals surface area contributed by atoms with Crippen molar-refractivity contribution in [1.82, 2.24) is 4.98 Å². The smallest absolute Gasteiger partial charge is 0.283 e. The standard InChI is InChI=1S/C30H29N3O5.C15H11BrN2O3/c1-28(2,34)11-10-21-23(36-17-29(3)15-35-16-29)8-9-25-26(21)30(18-37-27(31)33-30)22-13-19(6-7-24(22)38-25)20-5-4-12-32-14-20;16-8-1-3-12-10(5-8)15(7-20-14(17)18-15)11-6-9(19)2-4-13(11)21-12/h4-9,12-14,34H,15-18H2,1-3H3,(H2,31,33);1-6,19H,7H2,(H2,17,18)/t30-;15-/m00/s1. The quantitative estimate of drug-likeness (QED) is 0.139. The zero-order valence-electron chi connectivity index (χ0n) is 32.4. The summed E-state index contributed by atoms with van der Waals surface area (Å²) >= 11 is 3.46. The Morgan fingerprint density at radius 2 is 1.44 bits per heavy atom. The number of phenolic OH excluding ortho intramolecular Hbond substituents is 1. The molecule has 1 aromatic heterocycles. The van der Waals surface area contributed by atoms with Crippen LogP contribution in [0.5, 0.6) is 34.5 Å². The SMILES string of the molecule is CC(C)(O)C#Cc1c(OCC2(C)COC2)ccc2c1[C@]1(COC(N)=N1)c1cc(-c3cccnc3)ccc1O2.NC1=N[C@]2(CO1)c1cc(O)ccc1Oc1ccc(Br)cc12. The van der Waals surface area contributed by atoms with E-state index in [0.29, 0.717) is 59.7 Å². The van der Waals surface area contributed by atoms with Gasteiger partial charge in [-0.3, -0.25) is 4.98 Å². The molecule has 0 radical (unpaired) electrons. The molecule has 6 heterocycles. The molecule has 59 heavy (non-hydrogen) atoms. The number of aromatic nitrogens is 1. The molecule has 5 aliphatic rings. The van der Waals surface area contributed by atoms with Crippen LogP contribution in [0, 0.1) is 17.3 Å². The van der Waals surface area contributed by atoms with E-state index in [4.69, 9.17) is 44.9 Å². The van der Waals surface area contributed by atoms with Gasteiger partial charge in [0.1, 0.15) is 53.3 Å². The number of phenols is 1. The van der Waals surface area contributed by atoms with Crippen LogP contribution < -0.4 is 25.7 Å². The Morgan fingerprint density at radius 1 is 0.797 bits per heavy atom. The molecular formula is C45H40BrN5O8. The molecule has 13 nitrogen and oxygen atoms in total. The number of aliphatic hydroxyl groups is 1. The molecule has 5 aromatic rings. The highest BCUT2D eigenvalue weighted by atomic mass is 79.9. The number of nitrogens with two attached hydrogens (primary N) is 2. The van der Waals surface area contributed by atoms with Crippen LogP contribution in [0.25, 0.3) is 11.1 Å². The zero-order chi connectivity index (χ0) is 41.2. The summed E-state index contributed by atoms with van der Waals surface area (Å²) in [5.74, 6) is 9.44. The average Bonchev–Trinajstić information content (AvgIpc) is 3.79. The summed E-state index contributed by atoms with van der Waals surface area (Å²) in [5.41, 5.74) is 14.4. The van der Waals surface area contributed by atoms with Gasteiger partial charge in [0.25, 0.3) is 12.0 Å². The molecule has 14 heteroatoms. The number of aromatic hydroxyl groups is 1. The van der Waals surface area contributed by atoms with Crippen molar-refractivity contribution < 1.29 is 38.6 Å². The van der Waals surface area contributed by atoms with Crippen molar-refractivity contribution in [3.63, 3.8) is 0 Å². The summed E-state index contributed by atoms with van der Waals surface area (Å²) in [5, 5.41) is 20.3. The highest BCUT2D eigenvalue weighted by molar-refractivity contribution is 9.10. The van der Waals surface area contributed by atoms with E-state index in [0.717, 1.165) is 32.3 Å². The molecule has 2 atom stereocenters. The van der Waals surface area contributed by atoms with Crippen molar-refractivity contribution in [2.45, 2.75) is 37.5 Å². The maximum Gasteiger partial charge on any atom is 0.283 e. The van der Waals surface area contributed by atoms with E-state index < -0.39 is 16.7 Å². The molecular weight excluding hydrogens is 818 g/mol. The lowest BCUT2D eigenvalue weighted by atomic mass is 9.78. The summed E-state index contributed by atoms with van der Waals surface area (Å²) in [6, 6.07) is 24.5. The number of benzene rings is 4. The lowest BCUT2D eigenvalue weighted by molar-refractivity contribution is -0.120. The van der Waals surface area contributed by atoms with Gasteiger partial charge in [-0.05, 0) is 86.1 Å². The van der Waals surface area contributed by atoms with Gasteiger partial charge < -0.3 is 50.1 Å².